The van der Waals surface area contributed by atoms with E-state index in [4.69, 9.17) is 11.6 Å². The van der Waals surface area contributed by atoms with Crippen molar-refractivity contribution in [2.45, 2.75) is 26.8 Å². The second-order valence-corrected chi connectivity index (χ2v) is 8.68. The van der Waals surface area contributed by atoms with Crippen LogP contribution in [0.2, 0.25) is 5.02 Å². The molecule has 2 amide bonds. The summed E-state index contributed by atoms with van der Waals surface area (Å²) in [7, 11) is 0. The molecule has 0 saturated carbocycles. The topological polar surface area (TPSA) is 65.2 Å². The lowest BCUT2D eigenvalue weighted by Gasteiger charge is -2.23. The number of aromatic amines is 1. The maximum Gasteiger partial charge on any atom is 0.322 e. The molecule has 0 atom stereocenters. The zero-order valence-corrected chi connectivity index (χ0v) is 19.4. The highest BCUT2D eigenvalue weighted by molar-refractivity contribution is 6.30. The summed E-state index contributed by atoms with van der Waals surface area (Å²) in [6, 6.07) is 22.6. The number of hydrogen-bond acceptors (Lipinski definition) is 2. The number of amides is 2. The van der Waals surface area contributed by atoms with Gasteiger partial charge in [0.15, 0.2) is 0 Å². The molecule has 0 aliphatic carbocycles. The molecule has 0 aliphatic heterocycles. The summed E-state index contributed by atoms with van der Waals surface area (Å²) in [6.07, 6.45) is 0.674. The van der Waals surface area contributed by atoms with Gasteiger partial charge in [0.1, 0.15) is 0 Å². The molecule has 33 heavy (non-hydrogen) atoms. The van der Waals surface area contributed by atoms with E-state index in [2.05, 4.69) is 16.4 Å². The first-order chi connectivity index (χ1) is 15.9. The standard InChI is InChI=1S/C27H26ClN3O2/c1-18-13-21-15-22(26(32)30-25(21)14-19(18)2)17-31(12-11-20-7-4-3-5-8-20)27(33)29-24-10-6-9-23(28)16-24/h3-10,13-16H,11-12,17H2,1-2H3,(H,29,33)(H,30,32). The van der Waals surface area contributed by atoms with Crippen molar-refractivity contribution >= 4 is 34.2 Å². The molecule has 0 saturated heterocycles. The maximum atomic E-state index is 13.2. The van der Waals surface area contributed by atoms with E-state index in [1.165, 1.54) is 0 Å². The highest BCUT2D eigenvalue weighted by Crippen LogP contribution is 2.19. The Bertz CT molecular complexity index is 1350. The number of carbonyl (C=O) groups is 1. The van der Waals surface area contributed by atoms with Gasteiger partial charge < -0.3 is 15.2 Å². The Morgan fingerprint density at radius 1 is 0.970 bits per heavy atom. The minimum Gasteiger partial charge on any atom is -0.322 e. The minimum atomic E-state index is -0.284. The number of rotatable bonds is 6. The Labute approximate surface area is 198 Å². The second kappa shape index (κ2) is 9.92. The van der Waals surface area contributed by atoms with Crippen LogP contribution in [0.25, 0.3) is 10.9 Å². The van der Waals surface area contributed by atoms with Crippen molar-refractivity contribution in [2.75, 3.05) is 11.9 Å². The molecule has 4 rings (SSSR count). The number of aryl methyl sites for hydroxylation is 2. The van der Waals surface area contributed by atoms with Crippen molar-refractivity contribution in [1.29, 1.82) is 0 Å². The van der Waals surface area contributed by atoms with Crippen molar-refractivity contribution in [3.63, 3.8) is 0 Å². The Morgan fingerprint density at radius 2 is 1.73 bits per heavy atom. The molecule has 0 spiro atoms. The molecule has 5 nitrogen and oxygen atoms in total. The fourth-order valence-electron chi connectivity index (χ4n) is 3.78. The fraction of sp³-hybridized carbons (Fsp3) is 0.185. The largest absolute Gasteiger partial charge is 0.322 e. The molecular formula is C27H26ClN3O2. The van der Waals surface area contributed by atoms with Gasteiger partial charge in [0.25, 0.3) is 5.56 Å². The number of nitrogens with zero attached hydrogens (tertiary/aromatic N) is 1. The summed E-state index contributed by atoms with van der Waals surface area (Å²) in [4.78, 5) is 30.6. The van der Waals surface area contributed by atoms with Gasteiger partial charge >= 0.3 is 6.03 Å². The molecule has 2 N–H and O–H groups in total. The number of nitrogens with one attached hydrogen (secondary N) is 2. The van der Waals surface area contributed by atoms with Gasteiger partial charge in [-0.1, -0.05) is 48.0 Å². The second-order valence-electron chi connectivity index (χ2n) is 8.25. The zero-order valence-electron chi connectivity index (χ0n) is 18.7. The summed E-state index contributed by atoms with van der Waals surface area (Å²) in [5, 5.41) is 4.39. The highest BCUT2D eigenvalue weighted by atomic mass is 35.5. The number of halogens is 1. The molecule has 0 aliphatic rings. The Morgan fingerprint density at radius 3 is 2.48 bits per heavy atom. The van der Waals surface area contributed by atoms with Gasteiger partial charge in [-0.3, -0.25) is 4.79 Å². The van der Waals surface area contributed by atoms with Gasteiger partial charge in [0.05, 0.1) is 6.54 Å². The van der Waals surface area contributed by atoms with Crippen LogP contribution in [0.15, 0.2) is 77.6 Å². The van der Waals surface area contributed by atoms with E-state index < -0.39 is 0 Å². The van der Waals surface area contributed by atoms with Crippen LogP contribution in [-0.2, 0) is 13.0 Å². The third-order valence-electron chi connectivity index (χ3n) is 5.77. The lowest BCUT2D eigenvalue weighted by molar-refractivity contribution is 0.209. The van der Waals surface area contributed by atoms with Crippen molar-refractivity contribution < 1.29 is 4.79 Å². The maximum absolute atomic E-state index is 13.2. The molecular weight excluding hydrogens is 434 g/mol. The molecule has 0 radical (unpaired) electrons. The van der Waals surface area contributed by atoms with E-state index in [0.717, 1.165) is 27.6 Å². The summed E-state index contributed by atoms with van der Waals surface area (Å²) < 4.78 is 0. The quantitative estimate of drug-likeness (QED) is 0.367. The molecule has 0 unspecified atom stereocenters. The first-order valence-corrected chi connectivity index (χ1v) is 11.3. The summed E-state index contributed by atoms with van der Waals surface area (Å²) in [5.41, 5.74) is 5.15. The third-order valence-corrected chi connectivity index (χ3v) is 6.01. The van der Waals surface area contributed by atoms with E-state index in [1.807, 2.05) is 56.3 Å². The monoisotopic (exact) mass is 459 g/mol. The predicted octanol–water partition coefficient (Wildman–Crippen LogP) is 6.08. The number of pyridine rings is 1. The Kier molecular flexibility index (Phi) is 6.80. The normalized spacial score (nSPS) is 10.9. The minimum absolute atomic E-state index is 0.189. The summed E-state index contributed by atoms with van der Waals surface area (Å²) in [6.45, 7) is 4.72. The van der Waals surface area contributed by atoms with Crippen LogP contribution >= 0.6 is 11.6 Å². The summed E-state index contributed by atoms with van der Waals surface area (Å²) >= 11 is 6.07. The lowest BCUT2D eigenvalue weighted by Crippen LogP contribution is -2.37. The van der Waals surface area contributed by atoms with Crippen LogP contribution < -0.4 is 10.9 Å². The number of fused-ring (bicyclic) bond motifs is 1. The van der Waals surface area contributed by atoms with Gasteiger partial charge in [-0.25, -0.2) is 4.79 Å². The summed E-state index contributed by atoms with van der Waals surface area (Å²) in [5.74, 6) is 0. The van der Waals surface area contributed by atoms with E-state index in [-0.39, 0.29) is 18.1 Å². The average Bonchev–Trinajstić information content (AvgIpc) is 2.79. The molecule has 6 heteroatoms. The van der Waals surface area contributed by atoms with Gasteiger partial charge in [-0.05, 0) is 78.7 Å². The first kappa shape index (κ1) is 22.6. The number of carbonyl (C=O) groups excluding carboxylic acids is 1. The van der Waals surface area contributed by atoms with E-state index >= 15 is 0 Å². The van der Waals surface area contributed by atoms with Gasteiger partial charge in [0, 0.05) is 28.3 Å². The van der Waals surface area contributed by atoms with Crippen molar-refractivity contribution in [2.24, 2.45) is 0 Å². The average molecular weight is 460 g/mol. The van der Waals surface area contributed by atoms with Crippen LogP contribution in [0.3, 0.4) is 0 Å². The molecule has 4 aromatic rings. The number of benzene rings is 3. The van der Waals surface area contributed by atoms with Gasteiger partial charge in [-0.15, -0.1) is 0 Å². The fourth-order valence-corrected chi connectivity index (χ4v) is 3.97. The van der Waals surface area contributed by atoms with Crippen LogP contribution in [0, 0.1) is 13.8 Å². The molecule has 0 fully saturated rings. The Hall–Kier alpha value is -3.57. The number of hydrogen-bond donors (Lipinski definition) is 2. The molecule has 3 aromatic carbocycles. The van der Waals surface area contributed by atoms with E-state index in [1.54, 1.807) is 29.2 Å². The van der Waals surface area contributed by atoms with Crippen molar-refractivity contribution in [3.05, 3.63) is 110 Å². The highest BCUT2D eigenvalue weighted by Gasteiger charge is 2.17. The van der Waals surface area contributed by atoms with Gasteiger partial charge in [0.2, 0.25) is 0 Å². The molecule has 1 aromatic heterocycles. The number of H-pyrrole nitrogens is 1. The van der Waals surface area contributed by atoms with Crippen LogP contribution in [0.1, 0.15) is 22.3 Å². The van der Waals surface area contributed by atoms with Crippen LogP contribution in [-0.4, -0.2) is 22.5 Å². The Balaban J connectivity index is 1.62. The van der Waals surface area contributed by atoms with E-state index in [9.17, 15) is 9.59 Å². The molecule has 0 bridgehead atoms. The van der Waals surface area contributed by atoms with Crippen molar-refractivity contribution in [1.82, 2.24) is 9.88 Å². The van der Waals surface area contributed by atoms with Gasteiger partial charge in [-0.2, -0.15) is 0 Å². The SMILES string of the molecule is Cc1cc2cc(CN(CCc3ccccc3)C(=O)Nc3cccc(Cl)c3)c(=O)[nH]c2cc1C. The predicted molar refractivity (Wildman–Crippen MR) is 135 cm³/mol. The third kappa shape index (κ3) is 5.62. The zero-order chi connectivity index (χ0) is 23.4. The molecule has 1 heterocycles. The smallest absolute Gasteiger partial charge is 0.322 e. The van der Waals surface area contributed by atoms with Crippen molar-refractivity contribution in [3.8, 4) is 0 Å². The first-order valence-electron chi connectivity index (χ1n) is 10.9. The lowest BCUT2D eigenvalue weighted by atomic mass is 10.0. The van der Waals surface area contributed by atoms with Crippen LogP contribution in [0.5, 0.6) is 0 Å². The number of anilines is 1. The number of aromatic nitrogens is 1. The van der Waals surface area contributed by atoms with Crippen LogP contribution in [0.4, 0.5) is 10.5 Å². The number of urea groups is 1. The van der Waals surface area contributed by atoms with E-state index in [0.29, 0.717) is 29.2 Å². The molecule has 168 valence electrons.